The molecular weight excluding hydrogens is 267 g/mol. The van der Waals surface area contributed by atoms with E-state index in [1.165, 1.54) is 24.4 Å². The summed E-state index contributed by atoms with van der Waals surface area (Å²) in [6.07, 6.45) is 1.52. The molecule has 0 saturated heterocycles. The average molecular weight is 283 g/mol. The van der Waals surface area contributed by atoms with Crippen LogP contribution in [0.25, 0.3) is 11.3 Å². The van der Waals surface area contributed by atoms with Crippen molar-refractivity contribution in [3.05, 3.63) is 41.1 Å². The molecule has 1 aromatic carbocycles. The van der Waals surface area contributed by atoms with E-state index in [0.29, 0.717) is 34.7 Å². The number of hydrogen-bond acceptors (Lipinski definition) is 3. The van der Waals surface area contributed by atoms with Gasteiger partial charge < -0.3 is 9.73 Å². The fraction of sp³-hybridized carbons (Fsp3) is 0.357. The topological polar surface area (TPSA) is 38.1 Å². The van der Waals surface area contributed by atoms with Gasteiger partial charge in [0.1, 0.15) is 5.82 Å². The van der Waals surface area contributed by atoms with E-state index in [2.05, 4.69) is 24.1 Å². The highest BCUT2D eigenvalue weighted by Crippen LogP contribution is 2.26. The molecule has 0 spiro atoms. The van der Waals surface area contributed by atoms with E-state index in [-0.39, 0.29) is 5.82 Å². The molecule has 1 heterocycles. The zero-order valence-electron chi connectivity index (χ0n) is 10.9. The summed E-state index contributed by atoms with van der Waals surface area (Å²) in [7, 11) is 0. The smallest absolute Gasteiger partial charge is 0.208 e. The first-order chi connectivity index (χ1) is 9.06. The highest BCUT2D eigenvalue weighted by Gasteiger charge is 2.11. The highest BCUT2D eigenvalue weighted by molar-refractivity contribution is 6.30. The molecule has 5 heteroatoms. The van der Waals surface area contributed by atoms with Crippen molar-refractivity contribution >= 4 is 11.6 Å². The molecule has 3 nitrogen and oxygen atoms in total. The van der Waals surface area contributed by atoms with Gasteiger partial charge in [-0.1, -0.05) is 25.4 Å². The summed E-state index contributed by atoms with van der Waals surface area (Å²) in [4.78, 5) is 4.12. The Morgan fingerprint density at radius 2 is 2.21 bits per heavy atom. The molecule has 0 aliphatic rings. The lowest BCUT2D eigenvalue weighted by atomic mass is 10.2. The van der Waals surface area contributed by atoms with Crippen LogP contribution in [0, 0.1) is 11.7 Å². The van der Waals surface area contributed by atoms with E-state index < -0.39 is 0 Å². The first-order valence-electron chi connectivity index (χ1n) is 6.17. The second kappa shape index (κ2) is 6.17. The van der Waals surface area contributed by atoms with E-state index in [1.54, 1.807) is 0 Å². The molecule has 0 atom stereocenters. The van der Waals surface area contributed by atoms with Crippen LogP contribution in [-0.4, -0.2) is 11.5 Å². The Hall–Kier alpha value is -1.39. The fourth-order valence-electron chi connectivity index (χ4n) is 1.67. The first kappa shape index (κ1) is 14.0. The van der Waals surface area contributed by atoms with Crippen LogP contribution in [0.15, 0.2) is 28.8 Å². The van der Waals surface area contributed by atoms with Crippen LogP contribution in [0.5, 0.6) is 0 Å². The van der Waals surface area contributed by atoms with Gasteiger partial charge in [0.25, 0.3) is 0 Å². The number of rotatable bonds is 5. The summed E-state index contributed by atoms with van der Waals surface area (Å²) in [5.74, 6) is 1.11. The van der Waals surface area contributed by atoms with Crippen molar-refractivity contribution in [3.63, 3.8) is 0 Å². The van der Waals surface area contributed by atoms with Gasteiger partial charge in [0.2, 0.25) is 5.89 Å². The van der Waals surface area contributed by atoms with Crippen molar-refractivity contribution in [1.29, 1.82) is 0 Å². The van der Waals surface area contributed by atoms with Crippen LogP contribution in [0.4, 0.5) is 4.39 Å². The molecule has 19 heavy (non-hydrogen) atoms. The maximum Gasteiger partial charge on any atom is 0.208 e. The number of aromatic nitrogens is 1. The number of halogens is 2. The van der Waals surface area contributed by atoms with Gasteiger partial charge in [-0.05, 0) is 30.7 Å². The lowest BCUT2D eigenvalue weighted by Crippen LogP contribution is -2.18. The number of benzene rings is 1. The molecule has 0 fully saturated rings. The predicted molar refractivity (Wildman–Crippen MR) is 73.5 cm³/mol. The average Bonchev–Trinajstić information content (AvgIpc) is 2.80. The Labute approximate surface area is 116 Å². The number of hydrogen-bond donors (Lipinski definition) is 1. The van der Waals surface area contributed by atoms with E-state index in [9.17, 15) is 4.39 Å². The van der Waals surface area contributed by atoms with Crippen molar-refractivity contribution in [2.45, 2.75) is 20.4 Å². The van der Waals surface area contributed by atoms with Gasteiger partial charge in [0.15, 0.2) is 5.76 Å². The van der Waals surface area contributed by atoms with Gasteiger partial charge >= 0.3 is 0 Å². The summed E-state index contributed by atoms with van der Waals surface area (Å²) in [5, 5.41) is 3.68. The van der Waals surface area contributed by atoms with Crippen LogP contribution in [0.1, 0.15) is 19.7 Å². The maximum absolute atomic E-state index is 13.7. The molecule has 0 unspecified atom stereocenters. The second-order valence-corrected chi connectivity index (χ2v) is 5.20. The minimum absolute atomic E-state index is 0.329. The monoisotopic (exact) mass is 282 g/mol. The normalized spacial score (nSPS) is 11.2. The van der Waals surface area contributed by atoms with Gasteiger partial charge in [0, 0.05) is 5.02 Å². The van der Waals surface area contributed by atoms with Crippen LogP contribution >= 0.6 is 11.6 Å². The summed E-state index contributed by atoms with van der Waals surface area (Å²) >= 11 is 5.85. The summed E-state index contributed by atoms with van der Waals surface area (Å²) in [5.41, 5.74) is 0.329. The predicted octanol–water partition coefficient (Wildman–Crippen LogP) is 3.88. The minimum atomic E-state index is -0.373. The van der Waals surface area contributed by atoms with Gasteiger partial charge in [-0.25, -0.2) is 9.37 Å². The Morgan fingerprint density at radius 3 is 2.95 bits per heavy atom. The van der Waals surface area contributed by atoms with Crippen molar-refractivity contribution in [3.8, 4) is 11.3 Å². The molecule has 102 valence electrons. The van der Waals surface area contributed by atoms with Crippen LogP contribution < -0.4 is 5.32 Å². The third-order valence-electron chi connectivity index (χ3n) is 2.58. The highest BCUT2D eigenvalue weighted by atomic mass is 35.5. The van der Waals surface area contributed by atoms with Crippen molar-refractivity contribution in [2.24, 2.45) is 5.92 Å². The molecule has 1 aromatic heterocycles. The third kappa shape index (κ3) is 3.78. The lowest BCUT2D eigenvalue weighted by molar-refractivity contribution is 0.457. The Bertz CT molecular complexity index is 554. The third-order valence-corrected chi connectivity index (χ3v) is 2.81. The van der Waals surface area contributed by atoms with E-state index >= 15 is 0 Å². The number of nitrogens with one attached hydrogen (secondary N) is 1. The largest absolute Gasteiger partial charge is 0.439 e. The number of nitrogens with zero attached hydrogens (tertiary/aromatic N) is 1. The molecule has 0 aliphatic heterocycles. The molecule has 0 radical (unpaired) electrons. The van der Waals surface area contributed by atoms with E-state index in [4.69, 9.17) is 16.0 Å². The molecule has 0 aliphatic carbocycles. The zero-order chi connectivity index (χ0) is 13.8. The van der Waals surface area contributed by atoms with Gasteiger partial charge in [-0.15, -0.1) is 0 Å². The van der Waals surface area contributed by atoms with Gasteiger partial charge in [0.05, 0.1) is 18.3 Å². The molecule has 2 aromatic rings. The van der Waals surface area contributed by atoms with E-state index in [0.717, 1.165) is 6.54 Å². The molecule has 0 saturated carbocycles. The molecule has 0 amide bonds. The van der Waals surface area contributed by atoms with Crippen molar-refractivity contribution in [1.82, 2.24) is 10.3 Å². The second-order valence-electron chi connectivity index (χ2n) is 4.77. The quantitative estimate of drug-likeness (QED) is 0.904. The minimum Gasteiger partial charge on any atom is -0.439 e. The Kier molecular flexibility index (Phi) is 4.56. The molecule has 2 rings (SSSR count). The molecular formula is C14H16ClFN2O. The summed E-state index contributed by atoms with van der Waals surface area (Å²) in [6, 6.07) is 4.35. The zero-order valence-corrected chi connectivity index (χ0v) is 11.7. The number of oxazole rings is 1. The Balaban J connectivity index is 2.10. The molecule has 0 bridgehead atoms. The van der Waals surface area contributed by atoms with Crippen molar-refractivity contribution in [2.75, 3.05) is 6.54 Å². The fourth-order valence-corrected chi connectivity index (χ4v) is 1.84. The van der Waals surface area contributed by atoms with Crippen LogP contribution in [0.2, 0.25) is 5.02 Å². The maximum atomic E-state index is 13.7. The standard InChI is InChI=1S/C14H16ClFN2O/c1-9(2)6-17-8-14-18-7-13(19-14)11-5-10(15)3-4-12(11)16/h3-5,7,9,17H,6,8H2,1-2H3. The van der Waals surface area contributed by atoms with Crippen molar-refractivity contribution < 1.29 is 8.81 Å². The van der Waals surface area contributed by atoms with Gasteiger partial charge in [-0.3, -0.25) is 0 Å². The van der Waals surface area contributed by atoms with E-state index in [1.807, 2.05) is 0 Å². The summed E-state index contributed by atoms with van der Waals surface area (Å²) < 4.78 is 19.2. The Morgan fingerprint density at radius 1 is 1.42 bits per heavy atom. The van der Waals surface area contributed by atoms with Crippen LogP contribution in [-0.2, 0) is 6.54 Å². The SMILES string of the molecule is CC(C)CNCc1ncc(-c2cc(Cl)ccc2F)o1. The first-order valence-corrected chi connectivity index (χ1v) is 6.55. The lowest BCUT2D eigenvalue weighted by Gasteiger charge is -2.04. The summed E-state index contributed by atoms with van der Waals surface area (Å²) in [6.45, 7) is 5.65. The molecule has 1 N–H and O–H groups in total. The van der Waals surface area contributed by atoms with Gasteiger partial charge in [-0.2, -0.15) is 0 Å². The van der Waals surface area contributed by atoms with Crippen LogP contribution in [0.3, 0.4) is 0 Å².